The van der Waals surface area contributed by atoms with Crippen molar-refractivity contribution in [1.29, 1.82) is 5.41 Å². The van der Waals surface area contributed by atoms with Gasteiger partial charge in [-0.15, -0.1) is 0 Å². The van der Waals surface area contributed by atoms with Gasteiger partial charge in [-0.2, -0.15) is 13.2 Å². The summed E-state index contributed by atoms with van der Waals surface area (Å²) in [5.41, 5.74) is -0.253. The highest BCUT2D eigenvalue weighted by Gasteiger charge is 2.32. The number of amidine groups is 1. The molecule has 0 radical (unpaired) electrons. The lowest BCUT2D eigenvalue weighted by molar-refractivity contribution is -0.137. The van der Waals surface area contributed by atoms with E-state index in [1.165, 1.54) is 23.2 Å². The summed E-state index contributed by atoms with van der Waals surface area (Å²) in [6.45, 7) is 2.53. The van der Waals surface area contributed by atoms with E-state index < -0.39 is 29.0 Å². The summed E-state index contributed by atoms with van der Waals surface area (Å²) in [5.74, 6) is -1.07. The number of hydrogen-bond donors (Lipinski definition) is 2. The molecule has 2 aromatic carbocycles. The summed E-state index contributed by atoms with van der Waals surface area (Å²) in [5, 5.41) is 10.2. The third-order valence-electron chi connectivity index (χ3n) is 6.40. The topological polar surface area (TPSA) is 113 Å². The van der Waals surface area contributed by atoms with E-state index in [9.17, 15) is 22.4 Å². The molecular formula is C29H24F4N6O3. The van der Waals surface area contributed by atoms with E-state index in [1.54, 1.807) is 24.4 Å². The molecule has 4 aromatic rings. The highest BCUT2D eigenvalue weighted by Crippen LogP contribution is 2.34. The molecule has 13 heteroatoms. The number of nitrogens with one attached hydrogen (secondary N) is 2. The van der Waals surface area contributed by atoms with Crippen molar-refractivity contribution < 1.29 is 31.8 Å². The number of aromatic nitrogens is 3. The minimum atomic E-state index is -4.68. The lowest BCUT2D eigenvalue weighted by Gasteiger charge is -2.19. The van der Waals surface area contributed by atoms with Crippen LogP contribution in [0.15, 0.2) is 67.0 Å². The normalized spacial score (nSPS) is 13.2. The molecule has 2 aromatic heterocycles. The third-order valence-corrected chi connectivity index (χ3v) is 6.40. The Hall–Kier alpha value is -5.07. The van der Waals surface area contributed by atoms with E-state index in [2.05, 4.69) is 20.3 Å². The Bertz CT molecular complexity index is 1650. The smallest absolute Gasteiger partial charge is 0.416 e. The van der Waals surface area contributed by atoms with Crippen molar-refractivity contribution in [3.05, 3.63) is 95.3 Å². The van der Waals surface area contributed by atoms with Gasteiger partial charge in [-0.05, 0) is 54.1 Å². The Balaban J connectivity index is 1.43. The first kappa shape index (κ1) is 28.5. The predicted octanol–water partition coefficient (Wildman–Crippen LogP) is 6.07. The van der Waals surface area contributed by atoms with Crippen LogP contribution in [-0.2, 0) is 23.9 Å². The number of benzene rings is 2. The number of amides is 1. The van der Waals surface area contributed by atoms with Crippen LogP contribution in [0, 0.1) is 11.2 Å². The number of carbonyl (C=O) groups is 1. The Labute approximate surface area is 237 Å². The van der Waals surface area contributed by atoms with Gasteiger partial charge >= 0.3 is 6.18 Å². The molecule has 1 amide bonds. The maximum absolute atomic E-state index is 14.9. The Kier molecular flexibility index (Phi) is 8.00. The largest absolute Gasteiger partial charge is 0.463 e. The summed E-state index contributed by atoms with van der Waals surface area (Å²) in [6, 6.07) is 11.3. The van der Waals surface area contributed by atoms with Gasteiger partial charge in [0.2, 0.25) is 5.88 Å². The average molecular weight is 581 g/mol. The van der Waals surface area contributed by atoms with Gasteiger partial charge in [-0.25, -0.2) is 19.3 Å². The lowest BCUT2D eigenvalue weighted by atomic mass is 10.1. The molecule has 0 bridgehead atoms. The fraction of sp³-hybridized carbons (Fsp3) is 0.207. The van der Waals surface area contributed by atoms with Crippen LogP contribution >= 0.6 is 0 Å². The summed E-state index contributed by atoms with van der Waals surface area (Å²) in [4.78, 5) is 27.6. The molecule has 0 saturated carbocycles. The van der Waals surface area contributed by atoms with Crippen LogP contribution in [0.2, 0.25) is 0 Å². The van der Waals surface area contributed by atoms with Gasteiger partial charge in [0.25, 0.3) is 11.9 Å². The third kappa shape index (κ3) is 6.29. The molecule has 1 aliphatic rings. The standard InChI is InChI=1S/C29H24F4N6O3/c1-2-25-35-11-9-23(37-25)20-4-3-10-36-27(20)42-19-7-8-22(30)21(15-19)26(40)38-24-14-18(29(31,32)33)6-5-17(24)16-39-12-13-41-28(39)34/h3-11,14-15,34H,2,12-13,16H2,1H3,(H,38,40). The summed E-state index contributed by atoms with van der Waals surface area (Å²) < 4.78 is 66.3. The number of nitrogens with zero attached hydrogens (tertiary/aromatic N) is 4. The van der Waals surface area contributed by atoms with Crippen molar-refractivity contribution in [2.75, 3.05) is 18.5 Å². The first-order chi connectivity index (χ1) is 20.1. The summed E-state index contributed by atoms with van der Waals surface area (Å²) in [6.07, 6.45) is -0.955. The zero-order valence-corrected chi connectivity index (χ0v) is 22.2. The highest BCUT2D eigenvalue weighted by atomic mass is 19.4. The van der Waals surface area contributed by atoms with Crippen molar-refractivity contribution in [3.8, 4) is 22.9 Å². The van der Waals surface area contributed by atoms with E-state index >= 15 is 0 Å². The number of alkyl halides is 3. The van der Waals surface area contributed by atoms with Gasteiger partial charge < -0.3 is 19.7 Å². The Morgan fingerprint density at radius 1 is 1.12 bits per heavy atom. The molecule has 1 aliphatic heterocycles. The quantitative estimate of drug-likeness (QED) is 0.243. The monoisotopic (exact) mass is 580 g/mol. The molecule has 216 valence electrons. The van der Waals surface area contributed by atoms with Gasteiger partial charge in [-0.3, -0.25) is 10.2 Å². The zero-order chi connectivity index (χ0) is 29.9. The van der Waals surface area contributed by atoms with Gasteiger partial charge in [0.15, 0.2) is 0 Å². The van der Waals surface area contributed by atoms with Crippen LogP contribution in [0.25, 0.3) is 11.3 Å². The number of pyridine rings is 1. The van der Waals surface area contributed by atoms with Crippen LogP contribution in [0.1, 0.15) is 34.2 Å². The van der Waals surface area contributed by atoms with Gasteiger partial charge in [0.1, 0.15) is 24.0 Å². The Morgan fingerprint density at radius 2 is 1.95 bits per heavy atom. The predicted molar refractivity (Wildman–Crippen MR) is 145 cm³/mol. The molecule has 9 nitrogen and oxygen atoms in total. The minimum absolute atomic E-state index is 0.00343. The highest BCUT2D eigenvalue weighted by molar-refractivity contribution is 6.05. The molecular weight excluding hydrogens is 556 g/mol. The van der Waals surface area contributed by atoms with E-state index in [0.717, 1.165) is 24.3 Å². The van der Waals surface area contributed by atoms with Crippen LogP contribution < -0.4 is 10.1 Å². The number of carbonyl (C=O) groups excluding carboxylic acids is 1. The van der Waals surface area contributed by atoms with Crippen LogP contribution in [0.3, 0.4) is 0 Å². The van der Waals surface area contributed by atoms with Gasteiger partial charge in [0, 0.05) is 31.0 Å². The molecule has 0 atom stereocenters. The lowest BCUT2D eigenvalue weighted by Crippen LogP contribution is -2.25. The van der Waals surface area contributed by atoms with E-state index in [-0.39, 0.29) is 42.1 Å². The van der Waals surface area contributed by atoms with Crippen molar-refractivity contribution in [2.45, 2.75) is 26.1 Å². The number of rotatable bonds is 8. The van der Waals surface area contributed by atoms with Crippen molar-refractivity contribution in [1.82, 2.24) is 19.9 Å². The Morgan fingerprint density at radius 3 is 2.69 bits per heavy atom. The second-order valence-corrected chi connectivity index (χ2v) is 9.21. The molecule has 2 N–H and O–H groups in total. The number of anilines is 1. The SMILES string of the molecule is CCc1nccc(-c2cccnc2Oc2ccc(F)c(C(=O)Nc3cc(C(F)(F)F)ccc3CN3CCOC3=N)c2)n1. The fourth-order valence-corrected chi connectivity index (χ4v) is 4.24. The van der Waals surface area contributed by atoms with Crippen molar-refractivity contribution >= 4 is 17.6 Å². The molecule has 1 fully saturated rings. The molecule has 42 heavy (non-hydrogen) atoms. The fourth-order valence-electron chi connectivity index (χ4n) is 4.24. The summed E-state index contributed by atoms with van der Waals surface area (Å²) >= 11 is 0. The minimum Gasteiger partial charge on any atom is -0.463 e. The number of aryl methyl sites for hydroxylation is 1. The van der Waals surface area contributed by atoms with E-state index in [0.29, 0.717) is 30.0 Å². The number of halogens is 4. The summed E-state index contributed by atoms with van der Waals surface area (Å²) in [7, 11) is 0. The number of ether oxygens (including phenoxy) is 2. The second-order valence-electron chi connectivity index (χ2n) is 9.21. The second kappa shape index (κ2) is 11.8. The van der Waals surface area contributed by atoms with Crippen molar-refractivity contribution in [2.24, 2.45) is 0 Å². The van der Waals surface area contributed by atoms with E-state index in [4.69, 9.17) is 14.9 Å². The first-order valence-corrected chi connectivity index (χ1v) is 12.8. The van der Waals surface area contributed by atoms with Crippen LogP contribution in [-0.4, -0.2) is 44.9 Å². The van der Waals surface area contributed by atoms with Crippen LogP contribution in [0.5, 0.6) is 11.6 Å². The molecule has 3 heterocycles. The van der Waals surface area contributed by atoms with Crippen molar-refractivity contribution in [3.63, 3.8) is 0 Å². The van der Waals surface area contributed by atoms with Gasteiger partial charge in [0.05, 0.1) is 28.9 Å². The molecule has 0 spiro atoms. The van der Waals surface area contributed by atoms with Crippen LogP contribution in [0.4, 0.5) is 23.2 Å². The maximum atomic E-state index is 14.9. The molecule has 5 rings (SSSR count). The van der Waals surface area contributed by atoms with E-state index in [1.807, 2.05) is 6.92 Å². The molecule has 1 saturated heterocycles. The number of hydrogen-bond acceptors (Lipinski definition) is 7. The molecule has 0 unspecified atom stereocenters. The maximum Gasteiger partial charge on any atom is 0.416 e. The molecule has 0 aliphatic carbocycles. The average Bonchev–Trinajstić information content (AvgIpc) is 3.38. The first-order valence-electron chi connectivity index (χ1n) is 12.8. The van der Waals surface area contributed by atoms with Gasteiger partial charge in [-0.1, -0.05) is 13.0 Å². The zero-order valence-electron chi connectivity index (χ0n) is 22.2.